The number of nitrogens with zero attached hydrogens (tertiary/aromatic N) is 3. The number of nitrogens with one attached hydrogen (secondary N) is 1. The zero-order valence-corrected chi connectivity index (χ0v) is 11.7. The lowest BCUT2D eigenvalue weighted by atomic mass is 9.75. The molecule has 1 saturated carbocycles. The van der Waals surface area contributed by atoms with Crippen molar-refractivity contribution in [2.24, 2.45) is 0 Å². The molecule has 0 bridgehead atoms. The molecule has 20 heavy (non-hydrogen) atoms. The minimum atomic E-state index is -0.532. The Morgan fingerprint density at radius 2 is 2.20 bits per heavy atom. The topological polar surface area (TPSA) is 82.2 Å². The summed E-state index contributed by atoms with van der Waals surface area (Å²) < 4.78 is 0. The third kappa shape index (κ3) is 2.58. The van der Waals surface area contributed by atoms with Crippen molar-refractivity contribution in [2.75, 3.05) is 26.0 Å². The highest BCUT2D eigenvalue weighted by atomic mass is 16.6. The van der Waals surface area contributed by atoms with Gasteiger partial charge in [-0.05, 0) is 45.5 Å². The normalized spacial score (nSPS) is 16.3. The van der Waals surface area contributed by atoms with Gasteiger partial charge in [-0.1, -0.05) is 0 Å². The molecule has 106 valence electrons. The first-order valence-corrected chi connectivity index (χ1v) is 6.58. The third-order valence-electron chi connectivity index (χ3n) is 4.17. The van der Waals surface area contributed by atoms with Crippen LogP contribution in [-0.2, 0) is 0 Å². The van der Waals surface area contributed by atoms with Gasteiger partial charge in [0.15, 0.2) is 0 Å². The molecule has 0 saturated heterocycles. The number of likely N-dealkylation sites (N-methyl/N-ethyl adjacent to an activating group) is 1. The molecule has 6 heteroatoms. The molecule has 0 aliphatic heterocycles. The van der Waals surface area contributed by atoms with Crippen LogP contribution in [0.3, 0.4) is 0 Å². The molecule has 0 radical (unpaired) electrons. The zero-order chi connectivity index (χ0) is 14.8. The standard InChI is InChI=1S/C14H18N4O2/c1-17(2)14(6-3-7-14)10-16-12-4-5-13(18(19)20)11(8-12)9-15/h4-5,8,16H,3,6-7,10H2,1-2H3. The minimum absolute atomic E-state index is 0.0903. The van der Waals surface area contributed by atoms with Crippen molar-refractivity contribution in [3.63, 3.8) is 0 Å². The lowest BCUT2D eigenvalue weighted by Crippen LogP contribution is -2.54. The number of rotatable bonds is 5. The summed E-state index contributed by atoms with van der Waals surface area (Å²) in [7, 11) is 4.13. The molecular weight excluding hydrogens is 256 g/mol. The predicted octanol–water partition coefficient (Wildman–Crippen LogP) is 2.36. The highest BCUT2D eigenvalue weighted by Gasteiger charge is 2.38. The first-order chi connectivity index (χ1) is 9.48. The fraction of sp³-hybridized carbons (Fsp3) is 0.500. The van der Waals surface area contributed by atoms with Crippen LogP contribution >= 0.6 is 0 Å². The molecule has 1 aromatic rings. The van der Waals surface area contributed by atoms with Crippen molar-refractivity contribution in [1.82, 2.24) is 4.90 Å². The van der Waals surface area contributed by atoms with Gasteiger partial charge >= 0.3 is 0 Å². The average Bonchev–Trinajstić information content (AvgIpc) is 2.36. The van der Waals surface area contributed by atoms with Crippen LogP contribution in [-0.4, -0.2) is 36.0 Å². The van der Waals surface area contributed by atoms with Crippen LogP contribution in [0.1, 0.15) is 24.8 Å². The van der Waals surface area contributed by atoms with Crippen molar-refractivity contribution < 1.29 is 4.92 Å². The molecule has 0 aromatic heterocycles. The van der Waals surface area contributed by atoms with E-state index in [1.807, 2.05) is 6.07 Å². The van der Waals surface area contributed by atoms with E-state index in [9.17, 15) is 10.1 Å². The van der Waals surface area contributed by atoms with Crippen molar-refractivity contribution >= 4 is 11.4 Å². The number of hydrogen-bond donors (Lipinski definition) is 1. The SMILES string of the molecule is CN(C)C1(CNc2ccc([N+](=O)[O-])c(C#N)c2)CCC1. The van der Waals surface area contributed by atoms with E-state index in [-0.39, 0.29) is 16.8 Å². The van der Waals surface area contributed by atoms with Gasteiger partial charge in [-0.15, -0.1) is 0 Å². The molecule has 2 rings (SSSR count). The fourth-order valence-electron chi connectivity index (χ4n) is 2.53. The van der Waals surface area contributed by atoms with E-state index in [0.29, 0.717) is 0 Å². The Hall–Kier alpha value is -2.13. The van der Waals surface area contributed by atoms with Gasteiger partial charge in [-0.3, -0.25) is 10.1 Å². The monoisotopic (exact) mass is 274 g/mol. The van der Waals surface area contributed by atoms with Gasteiger partial charge < -0.3 is 10.2 Å². The van der Waals surface area contributed by atoms with Gasteiger partial charge in [-0.25, -0.2) is 0 Å². The van der Waals surface area contributed by atoms with E-state index in [0.717, 1.165) is 25.1 Å². The van der Waals surface area contributed by atoms with Crippen LogP contribution in [0.25, 0.3) is 0 Å². The summed E-state index contributed by atoms with van der Waals surface area (Å²) in [4.78, 5) is 12.5. The summed E-state index contributed by atoms with van der Waals surface area (Å²) in [6, 6.07) is 6.45. The number of benzene rings is 1. The molecule has 1 aliphatic carbocycles. The molecule has 1 fully saturated rings. The quantitative estimate of drug-likeness (QED) is 0.658. The van der Waals surface area contributed by atoms with E-state index in [1.54, 1.807) is 12.1 Å². The van der Waals surface area contributed by atoms with E-state index in [1.165, 1.54) is 12.5 Å². The van der Waals surface area contributed by atoms with Crippen LogP contribution < -0.4 is 5.32 Å². The fourth-order valence-corrected chi connectivity index (χ4v) is 2.53. The molecule has 1 aromatic carbocycles. The number of nitriles is 1. The molecule has 0 heterocycles. The molecule has 1 aliphatic rings. The maximum absolute atomic E-state index is 10.8. The summed E-state index contributed by atoms with van der Waals surface area (Å²) in [6.45, 7) is 0.780. The second-order valence-corrected chi connectivity index (χ2v) is 5.43. The lowest BCUT2D eigenvalue weighted by molar-refractivity contribution is -0.385. The van der Waals surface area contributed by atoms with Crippen LogP contribution in [0.5, 0.6) is 0 Å². The number of nitro groups is 1. The predicted molar refractivity (Wildman–Crippen MR) is 76.6 cm³/mol. The maximum Gasteiger partial charge on any atom is 0.287 e. The highest BCUT2D eigenvalue weighted by Crippen LogP contribution is 2.36. The molecule has 0 unspecified atom stereocenters. The van der Waals surface area contributed by atoms with Gasteiger partial charge in [0.1, 0.15) is 11.6 Å². The van der Waals surface area contributed by atoms with E-state index in [2.05, 4.69) is 24.3 Å². The smallest absolute Gasteiger partial charge is 0.287 e. The largest absolute Gasteiger partial charge is 0.383 e. The molecule has 0 atom stereocenters. The summed E-state index contributed by atoms with van der Waals surface area (Å²) in [5.74, 6) is 0. The Kier molecular flexibility index (Phi) is 3.91. The maximum atomic E-state index is 10.8. The van der Waals surface area contributed by atoms with Gasteiger partial charge in [0, 0.05) is 23.8 Å². The van der Waals surface area contributed by atoms with Crippen molar-refractivity contribution in [2.45, 2.75) is 24.8 Å². The van der Waals surface area contributed by atoms with Gasteiger partial charge in [0.05, 0.1) is 4.92 Å². The van der Waals surface area contributed by atoms with E-state index < -0.39 is 4.92 Å². The van der Waals surface area contributed by atoms with Crippen LogP contribution in [0.2, 0.25) is 0 Å². The van der Waals surface area contributed by atoms with Crippen LogP contribution in [0, 0.1) is 21.4 Å². The lowest BCUT2D eigenvalue weighted by Gasteiger charge is -2.47. The summed E-state index contributed by atoms with van der Waals surface area (Å²) in [6.07, 6.45) is 3.51. The molecule has 1 N–H and O–H groups in total. The van der Waals surface area contributed by atoms with Crippen LogP contribution in [0.15, 0.2) is 18.2 Å². The molecule has 6 nitrogen and oxygen atoms in total. The Bertz CT molecular complexity index is 559. The average molecular weight is 274 g/mol. The summed E-state index contributed by atoms with van der Waals surface area (Å²) in [5, 5.41) is 23.1. The Labute approximate surface area is 118 Å². The van der Waals surface area contributed by atoms with Crippen LogP contribution in [0.4, 0.5) is 11.4 Å². The first-order valence-electron chi connectivity index (χ1n) is 6.58. The molecular formula is C14H18N4O2. The minimum Gasteiger partial charge on any atom is -0.383 e. The van der Waals surface area contributed by atoms with Gasteiger partial charge in [0.2, 0.25) is 0 Å². The number of hydrogen-bond acceptors (Lipinski definition) is 5. The number of nitro benzene ring substituents is 1. The van der Waals surface area contributed by atoms with Gasteiger partial charge in [-0.2, -0.15) is 5.26 Å². The van der Waals surface area contributed by atoms with Crippen molar-refractivity contribution in [3.8, 4) is 6.07 Å². The Balaban J connectivity index is 2.11. The van der Waals surface area contributed by atoms with Crippen molar-refractivity contribution in [3.05, 3.63) is 33.9 Å². The van der Waals surface area contributed by atoms with E-state index >= 15 is 0 Å². The van der Waals surface area contributed by atoms with Crippen molar-refractivity contribution in [1.29, 1.82) is 5.26 Å². The zero-order valence-electron chi connectivity index (χ0n) is 11.7. The molecule has 0 amide bonds. The molecule has 0 spiro atoms. The number of anilines is 1. The summed E-state index contributed by atoms with van der Waals surface area (Å²) in [5.41, 5.74) is 0.853. The summed E-state index contributed by atoms with van der Waals surface area (Å²) >= 11 is 0. The second-order valence-electron chi connectivity index (χ2n) is 5.43. The Morgan fingerprint density at radius 3 is 2.65 bits per heavy atom. The van der Waals surface area contributed by atoms with E-state index in [4.69, 9.17) is 5.26 Å². The van der Waals surface area contributed by atoms with Gasteiger partial charge in [0.25, 0.3) is 5.69 Å². The Morgan fingerprint density at radius 1 is 1.50 bits per heavy atom. The third-order valence-corrected chi connectivity index (χ3v) is 4.17. The second kappa shape index (κ2) is 5.47. The first kappa shape index (κ1) is 14.3. The highest BCUT2D eigenvalue weighted by molar-refractivity contribution is 5.58.